The van der Waals surface area contributed by atoms with Gasteiger partial charge in [0.25, 0.3) is 0 Å². The summed E-state index contributed by atoms with van der Waals surface area (Å²) < 4.78 is 4.52. The molecule has 0 aromatic rings. The van der Waals surface area contributed by atoms with Gasteiger partial charge in [-0.15, -0.1) is 0 Å². The van der Waals surface area contributed by atoms with Crippen LogP contribution in [-0.2, 0) is 14.3 Å². The van der Waals surface area contributed by atoms with E-state index in [0.29, 0.717) is 6.42 Å². The fourth-order valence-electron chi connectivity index (χ4n) is 2.86. The predicted octanol–water partition coefficient (Wildman–Crippen LogP) is 5.28. The van der Waals surface area contributed by atoms with Gasteiger partial charge in [0, 0.05) is 6.42 Å². The first-order chi connectivity index (χ1) is 11.7. The van der Waals surface area contributed by atoms with Crippen LogP contribution in [0.15, 0.2) is 0 Å². The van der Waals surface area contributed by atoms with Crippen LogP contribution in [0.2, 0.25) is 0 Å². The number of nitrogens with two attached hydrogens (primary N) is 1. The van der Waals surface area contributed by atoms with Gasteiger partial charge in [0.15, 0.2) is 0 Å². The van der Waals surface area contributed by atoms with Gasteiger partial charge in [0.2, 0.25) is 0 Å². The van der Waals surface area contributed by atoms with Crippen LogP contribution in [-0.4, -0.2) is 18.5 Å². The largest absolute Gasteiger partial charge is 0.392 e. The van der Waals surface area contributed by atoms with Gasteiger partial charge in [-0.3, -0.25) is 9.59 Å². The number of carbonyl (C=O) groups is 2. The minimum Gasteiger partial charge on any atom is -0.392 e. The lowest BCUT2D eigenvalue weighted by Crippen LogP contribution is -2.20. The monoisotopic (exact) mass is 341 g/mol. The van der Waals surface area contributed by atoms with E-state index in [1.165, 1.54) is 77.0 Å². The molecule has 0 saturated carbocycles. The highest BCUT2D eigenvalue weighted by molar-refractivity contribution is 5.86. The van der Waals surface area contributed by atoms with Crippen molar-refractivity contribution in [1.82, 2.24) is 0 Å². The van der Waals surface area contributed by atoms with Crippen LogP contribution >= 0.6 is 0 Å². The molecule has 142 valence electrons. The van der Waals surface area contributed by atoms with Gasteiger partial charge in [-0.1, -0.05) is 96.8 Å². The quantitative estimate of drug-likeness (QED) is 0.222. The first kappa shape index (κ1) is 23.1. The molecule has 0 bridgehead atoms. The summed E-state index contributed by atoms with van der Waals surface area (Å²) in [4.78, 5) is 22.1. The van der Waals surface area contributed by atoms with Gasteiger partial charge in [-0.05, 0) is 6.42 Å². The molecule has 0 aliphatic heterocycles. The van der Waals surface area contributed by atoms with Gasteiger partial charge >= 0.3 is 11.9 Å². The average molecular weight is 342 g/mol. The number of carbonyl (C=O) groups excluding carboxylic acids is 2. The molecule has 4 nitrogen and oxygen atoms in total. The Morgan fingerprint density at radius 3 is 1.38 bits per heavy atom. The van der Waals surface area contributed by atoms with E-state index in [1.54, 1.807) is 0 Å². The molecule has 24 heavy (non-hydrogen) atoms. The summed E-state index contributed by atoms with van der Waals surface area (Å²) in [5, 5.41) is 0. The van der Waals surface area contributed by atoms with E-state index in [4.69, 9.17) is 5.73 Å². The van der Waals surface area contributed by atoms with Gasteiger partial charge in [-0.25, -0.2) is 0 Å². The van der Waals surface area contributed by atoms with E-state index in [1.807, 2.05) is 0 Å². The van der Waals surface area contributed by atoms with Gasteiger partial charge in [0.1, 0.15) is 0 Å². The van der Waals surface area contributed by atoms with E-state index in [9.17, 15) is 9.59 Å². The third-order valence-corrected chi connectivity index (χ3v) is 4.38. The van der Waals surface area contributed by atoms with Crippen molar-refractivity contribution >= 4 is 11.9 Å². The molecule has 0 atom stereocenters. The zero-order valence-electron chi connectivity index (χ0n) is 15.8. The van der Waals surface area contributed by atoms with Crippen molar-refractivity contribution in [2.45, 2.75) is 110 Å². The Morgan fingerprint density at radius 2 is 1.00 bits per heavy atom. The van der Waals surface area contributed by atoms with Crippen LogP contribution in [0.3, 0.4) is 0 Å². The summed E-state index contributed by atoms with van der Waals surface area (Å²) in [5.74, 6) is -1.08. The molecular weight excluding hydrogens is 302 g/mol. The normalized spacial score (nSPS) is 10.8. The minimum atomic E-state index is -0.638. The summed E-state index contributed by atoms with van der Waals surface area (Å²) in [6.45, 7) is 2.03. The van der Waals surface area contributed by atoms with Crippen LogP contribution < -0.4 is 5.73 Å². The smallest absolute Gasteiger partial charge is 0.327 e. The second kappa shape index (κ2) is 18.4. The molecule has 0 saturated heterocycles. The molecule has 0 fully saturated rings. The molecule has 0 heterocycles. The third kappa shape index (κ3) is 17.5. The number of unbranched alkanes of at least 4 members (excludes halogenated alkanes) is 14. The van der Waals surface area contributed by atoms with Crippen molar-refractivity contribution in [2.75, 3.05) is 6.54 Å². The summed E-state index contributed by atoms with van der Waals surface area (Å²) in [5.41, 5.74) is 5.08. The van der Waals surface area contributed by atoms with Crippen molar-refractivity contribution in [2.24, 2.45) is 5.73 Å². The fourth-order valence-corrected chi connectivity index (χ4v) is 2.86. The topological polar surface area (TPSA) is 69.4 Å². The summed E-state index contributed by atoms with van der Waals surface area (Å²) in [6.07, 6.45) is 19.7. The summed E-state index contributed by atoms with van der Waals surface area (Å²) >= 11 is 0. The van der Waals surface area contributed by atoms with E-state index >= 15 is 0 Å². The Balaban J connectivity index is 3.12. The predicted molar refractivity (Wildman–Crippen MR) is 99.7 cm³/mol. The number of hydrogen-bond donors (Lipinski definition) is 1. The molecule has 0 radical (unpaired) electrons. The molecule has 0 aromatic carbocycles. The molecule has 2 N–H and O–H groups in total. The minimum absolute atomic E-state index is 0.232. The molecule has 0 rings (SSSR count). The Hall–Kier alpha value is -0.900. The Bertz CT molecular complexity index is 305. The van der Waals surface area contributed by atoms with Crippen LogP contribution in [0.1, 0.15) is 110 Å². The highest BCUT2D eigenvalue weighted by Gasteiger charge is 2.07. The lowest BCUT2D eigenvalue weighted by atomic mass is 10.0. The van der Waals surface area contributed by atoms with Gasteiger partial charge in [0.05, 0.1) is 6.54 Å². The molecule has 0 aliphatic carbocycles. The van der Waals surface area contributed by atoms with Crippen molar-refractivity contribution in [3.05, 3.63) is 0 Å². The van der Waals surface area contributed by atoms with Crippen LogP contribution in [0, 0.1) is 0 Å². The summed E-state index contributed by atoms with van der Waals surface area (Å²) in [6, 6.07) is 0. The first-order valence-electron chi connectivity index (χ1n) is 10.1. The maximum Gasteiger partial charge on any atom is 0.327 e. The molecule has 0 amide bonds. The van der Waals surface area contributed by atoms with Crippen molar-refractivity contribution < 1.29 is 14.3 Å². The first-order valence-corrected chi connectivity index (χ1v) is 10.1. The Morgan fingerprint density at radius 1 is 0.625 bits per heavy atom. The second-order valence-corrected chi connectivity index (χ2v) is 6.75. The number of rotatable bonds is 17. The standard InChI is InChI=1S/C20H39NO3/c1-2-3-4-5-6-7-8-9-10-11-12-13-14-15-16-17-19(22)24-20(23)18-21/h2-18,21H2,1H3. The van der Waals surface area contributed by atoms with Crippen molar-refractivity contribution in [1.29, 1.82) is 0 Å². The van der Waals surface area contributed by atoms with E-state index in [2.05, 4.69) is 11.7 Å². The van der Waals surface area contributed by atoms with E-state index < -0.39 is 11.9 Å². The lowest BCUT2D eigenvalue weighted by molar-refractivity contribution is -0.158. The zero-order chi connectivity index (χ0) is 17.9. The zero-order valence-corrected chi connectivity index (χ0v) is 15.8. The molecule has 0 unspecified atom stereocenters. The Kier molecular flexibility index (Phi) is 17.7. The SMILES string of the molecule is CCCCCCCCCCCCCCCCCC(=O)OC(=O)CN. The van der Waals surface area contributed by atoms with E-state index in [-0.39, 0.29) is 6.54 Å². The second-order valence-electron chi connectivity index (χ2n) is 6.75. The van der Waals surface area contributed by atoms with Crippen LogP contribution in [0.5, 0.6) is 0 Å². The maximum atomic E-state index is 11.2. The maximum absolute atomic E-state index is 11.2. The summed E-state index contributed by atoms with van der Waals surface area (Å²) in [7, 11) is 0. The van der Waals surface area contributed by atoms with E-state index in [0.717, 1.165) is 19.3 Å². The lowest BCUT2D eigenvalue weighted by Gasteiger charge is -2.03. The highest BCUT2D eigenvalue weighted by Crippen LogP contribution is 2.13. The number of esters is 2. The third-order valence-electron chi connectivity index (χ3n) is 4.38. The molecule has 0 aromatic heterocycles. The van der Waals surface area contributed by atoms with Gasteiger partial charge < -0.3 is 10.5 Å². The molecular formula is C20H39NO3. The molecule has 4 heteroatoms. The molecule has 0 aliphatic rings. The van der Waals surface area contributed by atoms with Crippen molar-refractivity contribution in [3.63, 3.8) is 0 Å². The van der Waals surface area contributed by atoms with Crippen LogP contribution in [0.25, 0.3) is 0 Å². The fraction of sp³-hybridized carbons (Fsp3) is 0.900. The van der Waals surface area contributed by atoms with Crippen LogP contribution in [0.4, 0.5) is 0 Å². The molecule has 0 spiro atoms. The highest BCUT2D eigenvalue weighted by atomic mass is 16.6. The van der Waals surface area contributed by atoms with Crippen molar-refractivity contribution in [3.8, 4) is 0 Å². The average Bonchev–Trinajstić information content (AvgIpc) is 2.58. The number of hydrogen-bond acceptors (Lipinski definition) is 4. The van der Waals surface area contributed by atoms with Gasteiger partial charge in [-0.2, -0.15) is 0 Å². The Labute approximate surface area is 148 Å². The number of ether oxygens (including phenoxy) is 1.